The lowest BCUT2D eigenvalue weighted by atomic mass is 10.3. The van der Waals surface area contributed by atoms with Crippen molar-refractivity contribution in [1.29, 1.82) is 0 Å². The molecule has 0 bridgehead atoms. The molecule has 0 heterocycles. The minimum atomic E-state index is -0.00926. The van der Waals surface area contributed by atoms with Gasteiger partial charge in [0, 0.05) is 5.25 Å². The maximum Gasteiger partial charge on any atom is 0.0658 e. The summed E-state index contributed by atoms with van der Waals surface area (Å²) in [6, 6.07) is 0. The smallest absolute Gasteiger partial charge is 0.0658 e. The quantitative estimate of drug-likeness (QED) is 0.579. The predicted molar refractivity (Wildman–Crippen MR) is 37.2 cm³/mol. The monoisotopic (exact) mass is 132 g/mol. The first kappa shape index (κ1) is 6.43. The summed E-state index contributed by atoms with van der Waals surface area (Å²) in [5.74, 6) is 0. The largest absolute Gasteiger partial charge is 0.392 e. The summed E-state index contributed by atoms with van der Waals surface area (Å²) in [6.07, 6.45) is 5.50. The van der Waals surface area contributed by atoms with E-state index < -0.39 is 0 Å². The van der Waals surface area contributed by atoms with Crippen molar-refractivity contribution in [2.75, 3.05) is 6.26 Å². The molecule has 0 aromatic rings. The van der Waals surface area contributed by atoms with Crippen molar-refractivity contribution < 1.29 is 5.11 Å². The van der Waals surface area contributed by atoms with Crippen LogP contribution in [0, 0.1) is 0 Å². The molecule has 0 aromatic carbocycles. The van der Waals surface area contributed by atoms with E-state index in [0.29, 0.717) is 5.25 Å². The summed E-state index contributed by atoms with van der Waals surface area (Å²) in [5, 5.41) is 9.71. The van der Waals surface area contributed by atoms with Crippen LogP contribution in [0.3, 0.4) is 0 Å². The summed E-state index contributed by atoms with van der Waals surface area (Å²) in [4.78, 5) is 0. The van der Waals surface area contributed by atoms with E-state index in [2.05, 4.69) is 6.26 Å². The molecule has 2 heteroatoms. The van der Waals surface area contributed by atoms with Gasteiger partial charge >= 0.3 is 0 Å². The molecule has 0 aliphatic heterocycles. The van der Waals surface area contributed by atoms with E-state index in [9.17, 15) is 0 Å². The van der Waals surface area contributed by atoms with Gasteiger partial charge in [-0.05, 0) is 25.5 Å². The van der Waals surface area contributed by atoms with Gasteiger partial charge in [0.25, 0.3) is 0 Å². The molecule has 1 fully saturated rings. The molecular weight excluding hydrogens is 120 g/mol. The molecular formula is C6H12OS. The van der Waals surface area contributed by atoms with Crippen LogP contribution in [0.1, 0.15) is 19.3 Å². The first-order valence-electron chi connectivity index (χ1n) is 3.05. The summed E-state index contributed by atoms with van der Waals surface area (Å²) in [6.45, 7) is 0. The van der Waals surface area contributed by atoms with Crippen molar-refractivity contribution in [3.63, 3.8) is 0 Å². The Labute approximate surface area is 54.5 Å². The number of hydrogen-bond acceptors (Lipinski definition) is 2. The van der Waals surface area contributed by atoms with Crippen molar-refractivity contribution in [3.05, 3.63) is 0 Å². The van der Waals surface area contributed by atoms with Gasteiger partial charge in [0.1, 0.15) is 0 Å². The molecule has 1 rings (SSSR count). The number of aliphatic hydroxyl groups is 1. The van der Waals surface area contributed by atoms with Gasteiger partial charge < -0.3 is 5.11 Å². The lowest BCUT2D eigenvalue weighted by Gasteiger charge is -2.08. The van der Waals surface area contributed by atoms with Crippen LogP contribution in [0.4, 0.5) is 0 Å². The van der Waals surface area contributed by atoms with Crippen molar-refractivity contribution >= 4 is 11.8 Å². The summed E-state index contributed by atoms with van der Waals surface area (Å²) < 4.78 is 0. The lowest BCUT2D eigenvalue weighted by Crippen LogP contribution is -2.14. The highest BCUT2D eigenvalue weighted by atomic mass is 32.2. The summed E-state index contributed by atoms with van der Waals surface area (Å²) >= 11 is 1.79. The van der Waals surface area contributed by atoms with E-state index in [1.54, 1.807) is 11.8 Å². The Morgan fingerprint density at radius 3 is 2.50 bits per heavy atom. The van der Waals surface area contributed by atoms with Crippen LogP contribution in [0.5, 0.6) is 0 Å². The molecule has 2 atom stereocenters. The molecule has 0 radical (unpaired) electrons. The fraction of sp³-hybridized carbons (Fsp3) is 1.00. The van der Waals surface area contributed by atoms with Gasteiger partial charge in [-0.1, -0.05) is 0 Å². The Balaban J connectivity index is 2.30. The first-order valence-corrected chi connectivity index (χ1v) is 4.34. The van der Waals surface area contributed by atoms with Gasteiger partial charge in [-0.15, -0.1) is 0 Å². The van der Waals surface area contributed by atoms with Crippen LogP contribution < -0.4 is 0 Å². The highest BCUT2D eigenvalue weighted by molar-refractivity contribution is 7.99. The minimum absolute atomic E-state index is 0.00926. The van der Waals surface area contributed by atoms with Gasteiger partial charge in [-0.2, -0.15) is 11.8 Å². The minimum Gasteiger partial charge on any atom is -0.392 e. The second-order valence-electron chi connectivity index (χ2n) is 2.27. The Morgan fingerprint density at radius 2 is 2.25 bits per heavy atom. The molecule has 1 N–H and O–H groups in total. The summed E-state index contributed by atoms with van der Waals surface area (Å²) in [5.41, 5.74) is 0. The fourth-order valence-corrected chi connectivity index (χ4v) is 2.03. The van der Waals surface area contributed by atoms with Gasteiger partial charge in [-0.25, -0.2) is 0 Å². The Kier molecular flexibility index (Phi) is 2.20. The SMILES string of the molecule is CS[C@@H]1CCC[C@H]1O. The lowest BCUT2D eigenvalue weighted by molar-refractivity contribution is 0.188. The van der Waals surface area contributed by atoms with Crippen LogP contribution in [0.25, 0.3) is 0 Å². The van der Waals surface area contributed by atoms with E-state index in [-0.39, 0.29) is 6.10 Å². The maximum atomic E-state index is 9.17. The van der Waals surface area contributed by atoms with Crippen LogP contribution in [-0.4, -0.2) is 22.7 Å². The zero-order valence-electron chi connectivity index (χ0n) is 5.13. The Morgan fingerprint density at radius 1 is 1.50 bits per heavy atom. The fourth-order valence-electron chi connectivity index (χ4n) is 1.18. The van der Waals surface area contributed by atoms with E-state index in [1.165, 1.54) is 12.8 Å². The van der Waals surface area contributed by atoms with E-state index >= 15 is 0 Å². The average molecular weight is 132 g/mol. The van der Waals surface area contributed by atoms with Crippen molar-refractivity contribution in [3.8, 4) is 0 Å². The molecule has 1 aliphatic carbocycles. The number of hydrogen-bond donors (Lipinski definition) is 1. The van der Waals surface area contributed by atoms with Crippen molar-refractivity contribution in [2.24, 2.45) is 0 Å². The van der Waals surface area contributed by atoms with E-state index in [1.807, 2.05) is 0 Å². The van der Waals surface area contributed by atoms with Crippen molar-refractivity contribution in [1.82, 2.24) is 0 Å². The normalized spacial score (nSPS) is 38.2. The number of aliphatic hydroxyl groups excluding tert-OH is 1. The molecule has 0 amide bonds. The Hall–Kier alpha value is 0.310. The first-order chi connectivity index (χ1) is 3.84. The summed E-state index contributed by atoms with van der Waals surface area (Å²) in [7, 11) is 0. The van der Waals surface area contributed by atoms with Crippen LogP contribution in [0.2, 0.25) is 0 Å². The molecule has 0 saturated heterocycles. The van der Waals surface area contributed by atoms with E-state index in [4.69, 9.17) is 5.11 Å². The van der Waals surface area contributed by atoms with Crippen LogP contribution in [-0.2, 0) is 0 Å². The van der Waals surface area contributed by atoms with Crippen LogP contribution in [0.15, 0.2) is 0 Å². The highest BCUT2D eigenvalue weighted by Crippen LogP contribution is 2.27. The maximum absolute atomic E-state index is 9.17. The third-order valence-electron chi connectivity index (χ3n) is 1.72. The molecule has 1 nitrogen and oxygen atoms in total. The zero-order chi connectivity index (χ0) is 5.98. The molecule has 1 aliphatic rings. The zero-order valence-corrected chi connectivity index (χ0v) is 5.95. The predicted octanol–water partition coefficient (Wildman–Crippen LogP) is 1.26. The van der Waals surface area contributed by atoms with Crippen LogP contribution >= 0.6 is 11.8 Å². The van der Waals surface area contributed by atoms with Gasteiger partial charge in [0.15, 0.2) is 0 Å². The van der Waals surface area contributed by atoms with Gasteiger partial charge in [0.2, 0.25) is 0 Å². The van der Waals surface area contributed by atoms with Gasteiger partial charge in [0.05, 0.1) is 6.10 Å². The highest BCUT2D eigenvalue weighted by Gasteiger charge is 2.23. The molecule has 8 heavy (non-hydrogen) atoms. The molecule has 1 saturated carbocycles. The van der Waals surface area contributed by atoms with Gasteiger partial charge in [-0.3, -0.25) is 0 Å². The third kappa shape index (κ3) is 1.17. The number of thioether (sulfide) groups is 1. The second kappa shape index (κ2) is 2.74. The third-order valence-corrected chi connectivity index (χ3v) is 2.88. The average Bonchev–Trinajstić information content (AvgIpc) is 2.14. The second-order valence-corrected chi connectivity index (χ2v) is 3.35. The molecule has 0 unspecified atom stereocenters. The molecule has 48 valence electrons. The Bertz CT molecular complexity index is 74.9. The standard InChI is InChI=1S/C6H12OS/c1-8-6-4-2-3-5(6)7/h5-7H,2-4H2,1H3/t5-,6-/m1/s1. The molecule has 0 aromatic heterocycles. The van der Waals surface area contributed by atoms with E-state index in [0.717, 1.165) is 6.42 Å². The molecule has 0 spiro atoms. The number of rotatable bonds is 1. The topological polar surface area (TPSA) is 20.2 Å². The van der Waals surface area contributed by atoms with Crippen molar-refractivity contribution in [2.45, 2.75) is 30.6 Å².